The highest BCUT2D eigenvalue weighted by Gasteiger charge is 2.33. The van der Waals surface area contributed by atoms with Gasteiger partial charge in [0.1, 0.15) is 0 Å². The van der Waals surface area contributed by atoms with E-state index in [-0.39, 0.29) is 30.9 Å². The molecule has 0 spiro atoms. The molecule has 1 N–H and O–H groups in total. The SMILES string of the molecule is CCN(CC)C1CCN(C(=O)C2CSCN2)C1.Cl.Cl. The number of rotatable bonds is 4. The lowest BCUT2D eigenvalue weighted by molar-refractivity contribution is -0.131. The van der Waals surface area contributed by atoms with Gasteiger partial charge in [-0.1, -0.05) is 13.8 Å². The maximum Gasteiger partial charge on any atom is 0.240 e. The van der Waals surface area contributed by atoms with Crippen molar-refractivity contribution in [3.63, 3.8) is 0 Å². The van der Waals surface area contributed by atoms with Crippen molar-refractivity contribution in [3.8, 4) is 0 Å². The topological polar surface area (TPSA) is 35.6 Å². The molecule has 0 bridgehead atoms. The van der Waals surface area contributed by atoms with E-state index in [0.717, 1.165) is 44.2 Å². The van der Waals surface area contributed by atoms with Crippen LogP contribution in [0.25, 0.3) is 0 Å². The molecule has 2 aliphatic heterocycles. The zero-order valence-electron chi connectivity index (χ0n) is 11.6. The Bertz CT molecular complexity index is 274. The molecule has 0 aromatic heterocycles. The number of hydrogen-bond acceptors (Lipinski definition) is 4. The number of thioether (sulfide) groups is 1. The molecule has 2 heterocycles. The Kier molecular flexibility index (Phi) is 9.45. The lowest BCUT2D eigenvalue weighted by Crippen LogP contribution is -2.45. The van der Waals surface area contributed by atoms with Gasteiger partial charge in [-0.15, -0.1) is 36.6 Å². The quantitative estimate of drug-likeness (QED) is 0.846. The van der Waals surface area contributed by atoms with Crippen molar-refractivity contribution in [2.24, 2.45) is 0 Å². The molecular formula is C12H25Cl2N3OS. The molecule has 2 unspecified atom stereocenters. The van der Waals surface area contributed by atoms with Crippen molar-refractivity contribution in [2.45, 2.75) is 32.4 Å². The lowest BCUT2D eigenvalue weighted by Gasteiger charge is -2.26. The van der Waals surface area contributed by atoms with Crippen LogP contribution in [0.2, 0.25) is 0 Å². The van der Waals surface area contributed by atoms with E-state index in [4.69, 9.17) is 0 Å². The summed E-state index contributed by atoms with van der Waals surface area (Å²) < 4.78 is 0. The Morgan fingerprint density at radius 1 is 1.37 bits per heavy atom. The number of nitrogens with zero attached hydrogens (tertiary/aromatic N) is 2. The molecular weight excluding hydrogens is 305 g/mol. The zero-order chi connectivity index (χ0) is 12.3. The van der Waals surface area contributed by atoms with Gasteiger partial charge in [0.2, 0.25) is 5.91 Å². The first kappa shape index (κ1) is 19.3. The van der Waals surface area contributed by atoms with Crippen LogP contribution in [0, 0.1) is 0 Å². The highest BCUT2D eigenvalue weighted by atomic mass is 35.5. The number of amides is 1. The van der Waals surface area contributed by atoms with Crippen molar-refractivity contribution in [1.82, 2.24) is 15.1 Å². The number of halogens is 2. The van der Waals surface area contributed by atoms with Crippen molar-refractivity contribution < 1.29 is 4.79 Å². The van der Waals surface area contributed by atoms with Gasteiger partial charge >= 0.3 is 0 Å². The van der Waals surface area contributed by atoms with E-state index in [1.807, 2.05) is 16.7 Å². The normalized spacial score (nSPS) is 26.2. The van der Waals surface area contributed by atoms with Gasteiger partial charge in [0, 0.05) is 30.8 Å². The molecule has 0 saturated carbocycles. The van der Waals surface area contributed by atoms with Crippen molar-refractivity contribution in [2.75, 3.05) is 37.8 Å². The Morgan fingerprint density at radius 3 is 2.58 bits per heavy atom. The third kappa shape index (κ3) is 4.67. The van der Waals surface area contributed by atoms with Crippen LogP contribution in [-0.2, 0) is 4.79 Å². The largest absolute Gasteiger partial charge is 0.340 e. The van der Waals surface area contributed by atoms with Gasteiger partial charge in [0.25, 0.3) is 0 Å². The number of likely N-dealkylation sites (tertiary alicyclic amines) is 1. The molecule has 4 nitrogen and oxygen atoms in total. The van der Waals surface area contributed by atoms with Crippen molar-refractivity contribution in [1.29, 1.82) is 0 Å². The maximum atomic E-state index is 12.2. The summed E-state index contributed by atoms with van der Waals surface area (Å²) in [7, 11) is 0. The first-order valence-electron chi connectivity index (χ1n) is 6.60. The van der Waals surface area contributed by atoms with Gasteiger partial charge in [-0.05, 0) is 19.5 Å². The average molecular weight is 330 g/mol. The molecule has 2 aliphatic rings. The van der Waals surface area contributed by atoms with Crippen LogP contribution in [0.15, 0.2) is 0 Å². The summed E-state index contributed by atoms with van der Waals surface area (Å²) >= 11 is 1.82. The second-order valence-electron chi connectivity index (χ2n) is 4.72. The number of carbonyl (C=O) groups is 1. The fraction of sp³-hybridized carbons (Fsp3) is 0.917. The van der Waals surface area contributed by atoms with E-state index in [1.165, 1.54) is 0 Å². The minimum atomic E-state index is 0. The standard InChI is InChI=1S/C12H23N3OS.2ClH/c1-3-14(4-2)10-5-6-15(7-10)12(16)11-8-17-9-13-11;;/h10-11,13H,3-9H2,1-2H3;2*1H. The summed E-state index contributed by atoms with van der Waals surface area (Å²) in [6.07, 6.45) is 1.13. The summed E-state index contributed by atoms with van der Waals surface area (Å²) in [6.45, 7) is 8.42. The minimum Gasteiger partial charge on any atom is -0.340 e. The predicted molar refractivity (Wildman–Crippen MR) is 86.7 cm³/mol. The second kappa shape index (κ2) is 9.29. The minimum absolute atomic E-state index is 0. The zero-order valence-corrected chi connectivity index (χ0v) is 14.1. The van der Waals surface area contributed by atoms with E-state index in [2.05, 4.69) is 24.1 Å². The van der Waals surface area contributed by atoms with Crippen LogP contribution < -0.4 is 5.32 Å². The lowest BCUT2D eigenvalue weighted by atomic mass is 10.2. The monoisotopic (exact) mass is 329 g/mol. The molecule has 19 heavy (non-hydrogen) atoms. The molecule has 114 valence electrons. The third-order valence-corrected chi connectivity index (χ3v) is 4.76. The molecule has 0 aliphatic carbocycles. The predicted octanol–water partition coefficient (Wildman–Crippen LogP) is 1.44. The van der Waals surface area contributed by atoms with Crippen LogP contribution in [-0.4, -0.2) is 65.6 Å². The average Bonchev–Trinajstić information content (AvgIpc) is 3.01. The van der Waals surface area contributed by atoms with Gasteiger partial charge in [0.15, 0.2) is 0 Å². The van der Waals surface area contributed by atoms with Crippen molar-refractivity contribution >= 4 is 42.5 Å². The number of carbonyl (C=O) groups excluding carboxylic acids is 1. The highest BCUT2D eigenvalue weighted by molar-refractivity contribution is 7.99. The Morgan fingerprint density at radius 2 is 2.05 bits per heavy atom. The van der Waals surface area contributed by atoms with Crippen molar-refractivity contribution in [3.05, 3.63) is 0 Å². The Labute approximate surface area is 132 Å². The molecule has 0 aromatic rings. The van der Waals surface area contributed by atoms with E-state index < -0.39 is 0 Å². The van der Waals surface area contributed by atoms with E-state index in [0.29, 0.717) is 11.9 Å². The van der Waals surface area contributed by atoms with E-state index in [1.54, 1.807) is 0 Å². The van der Waals surface area contributed by atoms with Crippen LogP contribution in [0.1, 0.15) is 20.3 Å². The van der Waals surface area contributed by atoms with Gasteiger partial charge in [-0.3, -0.25) is 15.0 Å². The number of hydrogen-bond donors (Lipinski definition) is 1. The van der Waals surface area contributed by atoms with Crippen LogP contribution in [0.3, 0.4) is 0 Å². The Hall–Kier alpha value is 0.320. The molecule has 1 amide bonds. The van der Waals surface area contributed by atoms with Gasteiger partial charge in [0.05, 0.1) is 6.04 Å². The Balaban J connectivity index is 0.00000162. The molecule has 2 saturated heterocycles. The smallest absolute Gasteiger partial charge is 0.240 e. The molecule has 2 rings (SSSR count). The second-order valence-corrected chi connectivity index (χ2v) is 5.75. The molecule has 2 atom stereocenters. The number of likely N-dealkylation sites (N-methyl/N-ethyl adjacent to an activating group) is 1. The third-order valence-electron chi connectivity index (χ3n) is 3.82. The summed E-state index contributed by atoms with van der Waals surface area (Å²) in [4.78, 5) is 16.7. The summed E-state index contributed by atoms with van der Waals surface area (Å²) in [5, 5.41) is 3.26. The summed E-state index contributed by atoms with van der Waals surface area (Å²) in [5.74, 6) is 2.17. The van der Waals surface area contributed by atoms with Gasteiger partial charge in [-0.25, -0.2) is 0 Å². The first-order valence-corrected chi connectivity index (χ1v) is 7.75. The highest BCUT2D eigenvalue weighted by Crippen LogP contribution is 2.19. The summed E-state index contributed by atoms with van der Waals surface area (Å²) in [6, 6.07) is 0.637. The maximum absolute atomic E-state index is 12.2. The van der Waals surface area contributed by atoms with E-state index >= 15 is 0 Å². The fourth-order valence-corrected chi connectivity index (χ4v) is 3.69. The van der Waals surface area contributed by atoms with Crippen LogP contribution >= 0.6 is 36.6 Å². The number of nitrogens with one attached hydrogen (secondary N) is 1. The van der Waals surface area contributed by atoms with Gasteiger partial charge in [-0.2, -0.15) is 0 Å². The van der Waals surface area contributed by atoms with E-state index in [9.17, 15) is 4.79 Å². The van der Waals surface area contributed by atoms with Crippen LogP contribution in [0.5, 0.6) is 0 Å². The molecule has 0 aromatic carbocycles. The molecule has 7 heteroatoms. The fourth-order valence-electron chi connectivity index (χ4n) is 2.75. The van der Waals surface area contributed by atoms with Crippen LogP contribution in [0.4, 0.5) is 0 Å². The first-order chi connectivity index (χ1) is 8.26. The molecule has 2 fully saturated rings. The van der Waals surface area contributed by atoms with Gasteiger partial charge < -0.3 is 4.90 Å². The molecule has 0 radical (unpaired) electrons. The summed E-state index contributed by atoms with van der Waals surface area (Å²) in [5.41, 5.74) is 0.